The number of pyridine rings is 1. The van der Waals surface area contributed by atoms with Gasteiger partial charge < -0.3 is 5.32 Å². The van der Waals surface area contributed by atoms with E-state index in [1.165, 1.54) is 11.1 Å². The van der Waals surface area contributed by atoms with Crippen LogP contribution in [0.25, 0.3) is 16.9 Å². The van der Waals surface area contributed by atoms with Gasteiger partial charge in [0.2, 0.25) is 0 Å². The van der Waals surface area contributed by atoms with Gasteiger partial charge in [0.15, 0.2) is 0 Å². The molecule has 0 aliphatic rings. The smallest absolute Gasteiger partial charge is 0.143 e. The van der Waals surface area contributed by atoms with Crippen molar-refractivity contribution >= 4 is 28.8 Å². The molecule has 0 bridgehead atoms. The number of fused-ring (bicyclic) bond motifs is 1. The number of aryl methyl sites for hydroxylation is 2. The van der Waals surface area contributed by atoms with Crippen LogP contribution < -0.4 is 5.32 Å². The lowest BCUT2D eigenvalue weighted by Gasteiger charge is -2.14. The first kappa shape index (κ1) is 15.7. The van der Waals surface area contributed by atoms with Crippen LogP contribution in [0.3, 0.4) is 0 Å². The molecule has 2 aromatic heterocycles. The van der Waals surface area contributed by atoms with Crippen molar-refractivity contribution in [1.29, 1.82) is 0 Å². The topological polar surface area (TPSA) is 29.3 Å². The number of rotatable bonds is 3. The van der Waals surface area contributed by atoms with E-state index < -0.39 is 0 Å². The van der Waals surface area contributed by atoms with Crippen molar-refractivity contribution in [2.45, 2.75) is 13.8 Å². The van der Waals surface area contributed by atoms with Crippen LogP contribution in [0.4, 0.5) is 11.5 Å². The zero-order valence-corrected chi connectivity index (χ0v) is 14.9. The van der Waals surface area contributed by atoms with Gasteiger partial charge in [-0.25, -0.2) is 4.98 Å². The first-order chi connectivity index (χ1) is 12.1. The summed E-state index contributed by atoms with van der Waals surface area (Å²) in [6.45, 7) is 4.21. The molecule has 124 valence electrons. The molecule has 0 atom stereocenters. The highest BCUT2D eigenvalue weighted by atomic mass is 35.5. The first-order valence-electron chi connectivity index (χ1n) is 8.20. The van der Waals surface area contributed by atoms with Crippen molar-refractivity contribution in [1.82, 2.24) is 9.38 Å². The number of para-hydroxylation sites is 1. The molecule has 0 aliphatic heterocycles. The maximum atomic E-state index is 6.24. The number of hydrogen-bond donors (Lipinski definition) is 1. The molecule has 0 amide bonds. The largest absolute Gasteiger partial charge is 0.339 e. The molecule has 4 heteroatoms. The van der Waals surface area contributed by atoms with Crippen LogP contribution in [-0.4, -0.2) is 9.38 Å². The molecule has 3 nitrogen and oxygen atoms in total. The maximum Gasteiger partial charge on any atom is 0.143 e. The number of nitrogens with one attached hydrogen (secondary N) is 1. The molecule has 25 heavy (non-hydrogen) atoms. The zero-order valence-electron chi connectivity index (χ0n) is 14.1. The zero-order chi connectivity index (χ0) is 17.4. The number of benzene rings is 2. The van der Waals surface area contributed by atoms with E-state index in [0.717, 1.165) is 28.4 Å². The third-order valence-electron chi connectivity index (χ3n) is 4.35. The minimum Gasteiger partial charge on any atom is -0.339 e. The van der Waals surface area contributed by atoms with E-state index in [1.807, 2.05) is 40.9 Å². The first-order valence-corrected chi connectivity index (χ1v) is 8.57. The third kappa shape index (κ3) is 2.87. The molecular formula is C21H18ClN3. The van der Waals surface area contributed by atoms with Crippen molar-refractivity contribution in [3.8, 4) is 11.3 Å². The van der Waals surface area contributed by atoms with E-state index >= 15 is 0 Å². The summed E-state index contributed by atoms with van der Waals surface area (Å²) >= 11 is 6.24. The Hall–Kier alpha value is -2.78. The number of hydrogen-bond acceptors (Lipinski definition) is 2. The monoisotopic (exact) mass is 347 g/mol. The Morgan fingerprint density at radius 2 is 1.60 bits per heavy atom. The molecule has 0 spiro atoms. The molecule has 4 aromatic rings. The van der Waals surface area contributed by atoms with Crippen molar-refractivity contribution in [2.24, 2.45) is 0 Å². The van der Waals surface area contributed by atoms with Crippen LogP contribution in [0.1, 0.15) is 11.1 Å². The molecule has 0 fully saturated rings. The Labute approximate surface area is 151 Å². The molecule has 0 saturated heterocycles. The van der Waals surface area contributed by atoms with E-state index in [0.29, 0.717) is 5.02 Å². The van der Waals surface area contributed by atoms with Crippen LogP contribution >= 0.6 is 11.6 Å². The van der Waals surface area contributed by atoms with E-state index in [1.54, 1.807) is 0 Å². The van der Waals surface area contributed by atoms with E-state index in [9.17, 15) is 0 Å². The Balaban J connectivity index is 1.96. The van der Waals surface area contributed by atoms with Crippen molar-refractivity contribution in [3.63, 3.8) is 0 Å². The average Bonchev–Trinajstić information content (AvgIpc) is 2.97. The molecule has 2 aromatic carbocycles. The van der Waals surface area contributed by atoms with Crippen LogP contribution in [0.5, 0.6) is 0 Å². The van der Waals surface area contributed by atoms with E-state index in [2.05, 4.69) is 49.5 Å². The fourth-order valence-electron chi connectivity index (χ4n) is 3.07. The summed E-state index contributed by atoms with van der Waals surface area (Å²) < 4.78 is 2.01. The SMILES string of the molecule is Cc1cccc(C)c1Nc1c(-c2ccccc2)nc2ccc(Cl)cn12. The average molecular weight is 348 g/mol. The predicted octanol–water partition coefficient (Wildman–Crippen LogP) is 6.02. The molecule has 0 unspecified atom stereocenters. The van der Waals surface area contributed by atoms with Crippen molar-refractivity contribution < 1.29 is 0 Å². The van der Waals surface area contributed by atoms with Gasteiger partial charge in [0.05, 0.1) is 5.02 Å². The highest BCUT2D eigenvalue weighted by Gasteiger charge is 2.16. The van der Waals surface area contributed by atoms with Crippen LogP contribution in [0.15, 0.2) is 66.9 Å². The van der Waals surface area contributed by atoms with Crippen molar-refractivity contribution in [3.05, 3.63) is 83.0 Å². The van der Waals surface area contributed by atoms with E-state index in [-0.39, 0.29) is 0 Å². The molecule has 0 radical (unpaired) electrons. The van der Waals surface area contributed by atoms with Crippen molar-refractivity contribution in [2.75, 3.05) is 5.32 Å². The second kappa shape index (κ2) is 6.26. The Bertz CT molecular complexity index is 1030. The van der Waals surface area contributed by atoms with Gasteiger partial charge in [-0.15, -0.1) is 0 Å². The number of anilines is 2. The second-order valence-corrected chi connectivity index (χ2v) is 6.58. The predicted molar refractivity (Wildman–Crippen MR) is 105 cm³/mol. The van der Waals surface area contributed by atoms with Gasteiger partial charge in [-0.05, 0) is 37.1 Å². The molecule has 4 rings (SSSR count). The normalized spacial score (nSPS) is 11.0. The lowest BCUT2D eigenvalue weighted by molar-refractivity contribution is 1.18. The second-order valence-electron chi connectivity index (χ2n) is 6.14. The lowest BCUT2D eigenvalue weighted by atomic mass is 10.1. The van der Waals surface area contributed by atoms with Gasteiger partial charge in [0.25, 0.3) is 0 Å². The Morgan fingerprint density at radius 1 is 0.880 bits per heavy atom. The fourth-order valence-corrected chi connectivity index (χ4v) is 3.23. The summed E-state index contributed by atoms with van der Waals surface area (Å²) in [5.74, 6) is 0.918. The van der Waals surface area contributed by atoms with Gasteiger partial charge in [-0.2, -0.15) is 0 Å². The summed E-state index contributed by atoms with van der Waals surface area (Å²) in [5, 5.41) is 4.27. The van der Waals surface area contributed by atoms with Gasteiger partial charge in [0, 0.05) is 17.4 Å². The Kier molecular flexibility index (Phi) is 3.94. The number of imidazole rings is 1. The summed E-state index contributed by atoms with van der Waals surface area (Å²) in [6.07, 6.45) is 1.90. The quantitative estimate of drug-likeness (QED) is 0.491. The molecule has 1 N–H and O–H groups in total. The van der Waals surface area contributed by atoms with Gasteiger partial charge in [-0.3, -0.25) is 4.40 Å². The highest BCUT2D eigenvalue weighted by Crippen LogP contribution is 2.33. The van der Waals surface area contributed by atoms with Gasteiger partial charge in [-0.1, -0.05) is 60.1 Å². The highest BCUT2D eigenvalue weighted by molar-refractivity contribution is 6.30. The summed E-state index contributed by atoms with van der Waals surface area (Å²) in [4.78, 5) is 4.82. The number of halogens is 1. The van der Waals surface area contributed by atoms with Gasteiger partial charge >= 0.3 is 0 Å². The molecule has 2 heterocycles. The molecule has 0 saturated carbocycles. The summed E-state index contributed by atoms with van der Waals surface area (Å²) in [5.41, 5.74) is 6.31. The Morgan fingerprint density at radius 3 is 2.32 bits per heavy atom. The van der Waals surface area contributed by atoms with Gasteiger partial charge in [0.1, 0.15) is 17.2 Å². The lowest BCUT2D eigenvalue weighted by Crippen LogP contribution is -2.00. The minimum atomic E-state index is 0.675. The number of nitrogens with zero attached hydrogens (tertiary/aromatic N) is 2. The summed E-state index contributed by atoms with van der Waals surface area (Å²) in [6, 6.07) is 20.3. The standard InChI is InChI=1S/C21H18ClN3/c1-14-7-6-8-15(2)19(14)24-21-20(16-9-4-3-5-10-16)23-18-12-11-17(22)13-25(18)21/h3-13,24H,1-2H3. The minimum absolute atomic E-state index is 0.675. The maximum absolute atomic E-state index is 6.24. The molecular weight excluding hydrogens is 330 g/mol. The summed E-state index contributed by atoms with van der Waals surface area (Å²) in [7, 11) is 0. The number of aromatic nitrogens is 2. The fraction of sp³-hybridized carbons (Fsp3) is 0.0952. The van der Waals surface area contributed by atoms with Crippen LogP contribution in [0, 0.1) is 13.8 Å². The molecule has 0 aliphatic carbocycles. The van der Waals surface area contributed by atoms with Crippen LogP contribution in [0.2, 0.25) is 5.02 Å². The van der Waals surface area contributed by atoms with Crippen LogP contribution in [-0.2, 0) is 0 Å². The van der Waals surface area contributed by atoms with E-state index in [4.69, 9.17) is 16.6 Å². The third-order valence-corrected chi connectivity index (χ3v) is 4.58.